The van der Waals surface area contributed by atoms with Gasteiger partial charge in [-0.2, -0.15) is 5.10 Å². The Kier molecular flexibility index (Phi) is 5.95. The Morgan fingerprint density at radius 3 is 2.63 bits per heavy atom. The molecule has 0 bridgehead atoms. The van der Waals surface area contributed by atoms with Crippen LogP contribution in [-0.4, -0.2) is 46.3 Å². The van der Waals surface area contributed by atoms with Gasteiger partial charge in [0.1, 0.15) is 11.4 Å². The Morgan fingerprint density at radius 1 is 1.22 bits per heavy atom. The number of hydrogen-bond donors (Lipinski definition) is 1. The molecule has 2 heterocycles. The van der Waals surface area contributed by atoms with Crippen molar-refractivity contribution in [1.82, 2.24) is 15.1 Å². The molecule has 1 N–H and O–H groups in total. The third-order valence-corrected chi connectivity index (χ3v) is 4.67. The lowest BCUT2D eigenvalue weighted by atomic mass is 9.99. The molecule has 1 aromatic carbocycles. The van der Waals surface area contributed by atoms with Crippen LogP contribution in [0.25, 0.3) is 11.3 Å². The monoisotopic (exact) mass is 374 g/mol. The fourth-order valence-electron chi connectivity index (χ4n) is 3.50. The molecule has 1 aliphatic heterocycles. The Morgan fingerprint density at radius 2 is 1.96 bits per heavy atom. The molecule has 0 saturated carbocycles. The predicted octanol–water partition coefficient (Wildman–Crippen LogP) is 3.55. The summed E-state index contributed by atoms with van der Waals surface area (Å²) in [4.78, 5) is 13.5. The van der Waals surface area contributed by atoms with Crippen LogP contribution in [0.2, 0.25) is 0 Å². The van der Waals surface area contributed by atoms with Crippen molar-refractivity contribution in [2.45, 2.75) is 40.2 Å². The zero-order valence-electron chi connectivity index (χ0n) is 16.1. The van der Waals surface area contributed by atoms with Crippen LogP contribution < -0.4 is 9.47 Å². The van der Waals surface area contributed by atoms with E-state index in [0.29, 0.717) is 24.5 Å². The lowest BCUT2D eigenvalue weighted by Gasteiger charge is -2.26. The van der Waals surface area contributed by atoms with Gasteiger partial charge in [-0.25, -0.2) is 0 Å². The van der Waals surface area contributed by atoms with Crippen LogP contribution in [-0.2, 0) is 13.0 Å². The first-order valence-corrected chi connectivity index (χ1v) is 9.45. The molecule has 3 rings (SSSR count). The number of nitro groups is 1. The molecular formula is C19H26N4O4. The highest BCUT2D eigenvalue weighted by atomic mass is 16.6. The topological polar surface area (TPSA) is 93.5 Å². The molecule has 8 nitrogen and oxygen atoms in total. The molecule has 0 unspecified atom stereocenters. The summed E-state index contributed by atoms with van der Waals surface area (Å²) in [5.41, 5.74) is 3.46. The second-order valence-electron chi connectivity index (χ2n) is 6.49. The highest BCUT2D eigenvalue weighted by Gasteiger charge is 2.27. The highest BCUT2D eigenvalue weighted by molar-refractivity contribution is 5.76. The third-order valence-electron chi connectivity index (χ3n) is 4.67. The van der Waals surface area contributed by atoms with Crippen molar-refractivity contribution < 1.29 is 14.4 Å². The minimum Gasteiger partial charge on any atom is -0.493 e. The van der Waals surface area contributed by atoms with Crippen molar-refractivity contribution in [1.29, 1.82) is 0 Å². The summed E-state index contributed by atoms with van der Waals surface area (Å²) in [6, 6.07) is 3.12. The molecule has 2 aromatic rings. The summed E-state index contributed by atoms with van der Waals surface area (Å²) in [7, 11) is 0. The number of rotatable bonds is 8. The van der Waals surface area contributed by atoms with Crippen LogP contribution >= 0.6 is 0 Å². The highest BCUT2D eigenvalue weighted by Crippen LogP contribution is 2.41. The maximum absolute atomic E-state index is 11.6. The van der Waals surface area contributed by atoms with Gasteiger partial charge in [-0.3, -0.25) is 20.1 Å². The van der Waals surface area contributed by atoms with E-state index in [2.05, 4.69) is 22.0 Å². The second kappa shape index (κ2) is 8.39. The summed E-state index contributed by atoms with van der Waals surface area (Å²) in [5, 5.41) is 19.2. The molecule has 0 atom stereocenters. The number of H-pyrrole nitrogens is 1. The molecule has 1 aliphatic rings. The Bertz CT molecular complexity index is 818. The number of hydrogen-bond acceptors (Lipinski definition) is 6. The van der Waals surface area contributed by atoms with Crippen LogP contribution in [0.1, 0.15) is 38.4 Å². The minimum absolute atomic E-state index is 0.0757. The molecule has 0 fully saturated rings. The maximum atomic E-state index is 11.6. The van der Waals surface area contributed by atoms with Crippen molar-refractivity contribution in [3.05, 3.63) is 33.5 Å². The van der Waals surface area contributed by atoms with Gasteiger partial charge in [-0.15, -0.1) is 0 Å². The van der Waals surface area contributed by atoms with Gasteiger partial charge in [-0.1, -0.05) is 6.92 Å². The third kappa shape index (κ3) is 3.90. The van der Waals surface area contributed by atoms with Crippen molar-refractivity contribution in [3.63, 3.8) is 0 Å². The number of ether oxygens (including phenoxy) is 2. The van der Waals surface area contributed by atoms with Gasteiger partial charge >= 0.3 is 5.69 Å². The SMILES string of the molecule is CCCN1CCc2[nH]nc(-c3cc([N+](=O)[O-])c(OCC)cc3OCC)c2C1. The zero-order chi connectivity index (χ0) is 19.4. The normalized spacial score (nSPS) is 14.0. The summed E-state index contributed by atoms with van der Waals surface area (Å²) in [5.74, 6) is 0.764. The van der Waals surface area contributed by atoms with Crippen LogP contribution in [0.5, 0.6) is 11.5 Å². The lowest BCUT2D eigenvalue weighted by Crippen LogP contribution is -2.31. The number of fused-ring (bicyclic) bond motifs is 1. The molecule has 27 heavy (non-hydrogen) atoms. The number of benzene rings is 1. The van der Waals surface area contributed by atoms with E-state index in [1.54, 1.807) is 13.0 Å². The number of aromatic amines is 1. The van der Waals surface area contributed by atoms with Crippen LogP contribution in [0.3, 0.4) is 0 Å². The smallest absolute Gasteiger partial charge is 0.311 e. The van der Waals surface area contributed by atoms with E-state index in [-0.39, 0.29) is 11.4 Å². The maximum Gasteiger partial charge on any atom is 0.311 e. The average molecular weight is 374 g/mol. The molecule has 0 amide bonds. The first-order chi connectivity index (χ1) is 13.1. The molecule has 0 spiro atoms. The van der Waals surface area contributed by atoms with Gasteiger partial charge in [0.2, 0.25) is 5.75 Å². The molecule has 1 aromatic heterocycles. The minimum atomic E-state index is -0.424. The summed E-state index contributed by atoms with van der Waals surface area (Å²) >= 11 is 0. The second-order valence-corrected chi connectivity index (χ2v) is 6.49. The van der Waals surface area contributed by atoms with Gasteiger partial charge in [-0.05, 0) is 26.8 Å². The Hall–Kier alpha value is -2.61. The van der Waals surface area contributed by atoms with E-state index >= 15 is 0 Å². The predicted molar refractivity (Wildman–Crippen MR) is 102 cm³/mol. The van der Waals surface area contributed by atoms with Gasteiger partial charge in [0.25, 0.3) is 0 Å². The van der Waals surface area contributed by atoms with Crippen molar-refractivity contribution >= 4 is 5.69 Å². The Balaban J connectivity index is 2.10. The Labute approximate surface area is 158 Å². The lowest BCUT2D eigenvalue weighted by molar-refractivity contribution is -0.385. The van der Waals surface area contributed by atoms with Crippen molar-refractivity contribution in [2.24, 2.45) is 0 Å². The van der Waals surface area contributed by atoms with E-state index < -0.39 is 4.92 Å². The standard InChI is InChI=1S/C19H26N4O4/c1-4-8-22-9-7-15-14(12-22)19(21-20-15)13-10-16(23(24)25)18(27-6-3)11-17(13)26-5-2/h10-11H,4-9,12H2,1-3H3,(H,20,21). The number of aromatic nitrogens is 2. The molecular weight excluding hydrogens is 348 g/mol. The summed E-state index contributed by atoms with van der Waals surface area (Å²) in [6.07, 6.45) is 1.98. The molecule has 8 heteroatoms. The molecule has 146 valence electrons. The van der Waals surface area contributed by atoms with Crippen molar-refractivity contribution in [2.75, 3.05) is 26.3 Å². The molecule has 0 aliphatic carbocycles. The molecule has 0 radical (unpaired) electrons. The van der Waals surface area contributed by atoms with E-state index in [9.17, 15) is 10.1 Å². The van der Waals surface area contributed by atoms with Gasteiger partial charge < -0.3 is 9.47 Å². The fourth-order valence-corrected chi connectivity index (χ4v) is 3.50. The average Bonchev–Trinajstić information content (AvgIpc) is 3.05. The quantitative estimate of drug-likeness (QED) is 0.561. The van der Waals surface area contributed by atoms with E-state index in [0.717, 1.165) is 49.4 Å². The number of nitro benzene ring substituents is 1. The molecule has 0 saturated heterocycles. The van der Waals surface area contributed by atoms with Crippen LogP contribution in [0, 0.1) is 10.1 Å². The van der Waals surface area contributed by atoms with Crippen LogP contribution in [0.4, 0.5) is 5.69 Å². The first-order valence-electron chi connectivity index (χ1n) is 9.45. The van der Waals surface area contributed by atoms with Crippen LogP contribution in [0.15, 0.2) is 12.1 Å². The van der Waals surface area contributed by atoms with E-state index in [4.69, 9.17) is 9.47 Å². The first kappa shape index (κ1) is 19.2. The van der Waals surface area contributed by atoms with E-state index in [1.165, 1.54) is 6.07 Å². The van der Waals surface area contributed by atoms with Gasteiger partial charge in [0.05, 0.1) is 23.7 Å². The number of nitrogens with zero attached hydrogens (tertiary/aromatic N) is 3. The number of nitrogens with one attached hydrogen (secondary N) is 1. The fraction of sp³-hybridized carbons (Fsp3) is 0.526. The van der Waals surface area contributed by atoms with Gasteiger partial charge in [0.15, 0.2) is 0 Å². The van der Waals surface area contributed by atoms with Gasteiger partial charge in [0, 0.05) is 42.9 Å². The van der Waals surface area contributed by atoms with E-state index in [1.807, 2.05) is 6.92 Å². The zero-order valence-corrected chi connectivity index (χ0v) is 16.1. The summed E-state index contributed by atoms with van der Waals surface area (Å²) < 4.78 is 11.2. The summed E-state index contributed by atoms with van der Waals surface area (Å²) in [6.45, 7) is 9.42. The largest absolute Gasteiger partial charge is 0.493 e. The van der Waals surface area contributed by atoms with Crippen molar-refractivity contribution in [3.8, 4) is 22.8 Å².